The van der Waals surface area contributed by atoms with Crippen LogP contribution >= 0.6 is 0 Å². The molecule has 5 aromatic rings. The molecule has 0 aliphatic carbocycles. The fourth-order valence-corrected chi connectivity index (χ4v) is 4.43. The van der Waals surface area contributed by atoms with Crippen LogP contribution in [0.15, 0.2) is 82.6 Å². The van der Waals surface area contributed by atoms with Gasteiger partial charge < -0.3 is 15.1 Å². The molecule has 4 heterocycles. The van der Waals surface area contributed by atoms with Gasteiger partial charge in [-0.05, 0) is 55.0 Å². The molecule has 0 unspecified atom stereocenters. The number of nitrogens with zero attached hydrogens (tertiary/aromatic N) is 5. The topological polar surface area (TPSA) is 129 Å². The largest absolute Gasteiger partial charge is 0.464 e. The predicted octanol–water partition coefficient (Wildman–Crippen LogP) is 2.47. The van der Waals surface area contributed by atoms with Crippen LogP contribution in [-0.4, -0.2) is 37.7 Å². The van der Waals surface area contributed by atoms with Crippen molar-refractivity contribution in [3.63, 3.8) is 0 Å². The van der Waals surface area contributed by atoms with Gasteiger partial charge in [0.2, 0.25) is 0 Å². The molecule has 0 spiro atoms. The normalized spacial score (nSPS) is 13.3. The van der Waals surface area contributed by atoms with E-state index >= 15 is 0 Å². The molecule has 10 nitrogen and oxygen atoms in total. The van der Waals surface area contributed by atoms with Crippen LogP contribution in [0.1, 0.15) is 26.5 Å². The Hall–Kier alpha value is -4.99. The molecule has 3 aromatic heterocycles. The molecule has 2 aromatic carbocycles. The van der Waals surface area contributed by atoms with Gasteiger partial charge in [0.25, 0.3) is 17.4 Å². The summed E-state index contributed by atoms with van der Waals surface area (Å²) in [5, 5.41) is 5.26. The van der Waals surface area contributed by atoms with E-state index in [0.29, 0.717) is 46.9 Å². The van der Waals surface area contributed by atoms with Crippen molar-refractivity contribution in [1.82, 2.24) is 19.3 Å². The SMILES string of the molecule is NC(=O)c1nn(-c2ccc3occc3c2)c2c1CCN(c1ccc(-n3ccncc3=O)cc1)C2=O. The Morgan fingerprint density at radius 1 is 1.00 bits per heavy atom. The van der Waals surface area contributed by atoms with Crippen molar-refractivity contribution >= 4 is 28.5 Å². The van der Waals surface area contributed by atoms with Crippen molar-refractivity contribution in [2.75, 3.05) is 11.4 Å². The standard InChI is InChI=1S/C25H18N6O4/c26-24(33)22-19-7-10-30(17-3-1-16(2-4-17)29-11-9-27-14-21(29)32)25(34)23(19)31(28-22)18-5-6-20-15(13-18)8-12-35-20/h1-6,8-9,11-14H,7,10H2,(H2,26,33). The summed E-state index contributed by atoms with van der Waals surface area (Å²) >= 11 is 0. The summed E-state index contributed by atoms with van der Waals surface area (Å²) in [6, 6.07) is 14.3. The molecule has 172 valence electrons. The highest BCUT2D eigenvalue weighted by atomic mass is 16.3. The van der Waals surface area contributed by atoms with Gasteiger partial charge in [-0.25, -0.2) is 4.68 Å². The van der Waals surface area contributed by atoms with Gasteiger partial charge in [0.1, 0.15) is 11.3 Å². The highest BCUT2D eigenvalue weighted by Gasteiger charge is 2.34. The monoisotopic (exact) mass is 466 g/mol. The summed E-state index contributed by atoms with van der Waals surface area (Å²) in [7, 11) is 0. The van der Waals surface area contributed by atoms with Gasteiger partial charge in [-0.1, -0.05) is 0 Å². The third-order valence-electron chi connectivity index (χ3n) is 6.09. The number of carbonyl (C=O) groups is 2. The summed E-state index contributed by atoms with van der Waals surface area (Å²) < 4.78 is 8.34. The van der Waals surface area contributed by atoms with E-state index in [1.165, 1.54) is 21.6 Å². The zero-order valence-electron chi connectivity index (χ0n) is 18.3. The van der Waals surface area contributed by atoms with E-state index in [4.69, 9.17) is 10.2 Å². The van der Waals surface area contributed by atoms with E-state index in [2.05, 4.69) is 10.1 Å². The molecule has 2 N–H and O–H groups in total. The second-order valence-corrected chi connectivity index (χ2v) is 8.10. The van der Waals surface area contributed by atoms with Crippen molar-refractivity contribution in [1.29, 1.82) is 0 Å². The molecule has 0 saturated carbocycles. The number of aromatic nitrogens is 4. The van der Waals surface area contributed by atoms with Crippen LogP contribution in [-0.2, 0) is 6.42 Å². The molecule has 0 bridgehead atoms. The Morgan fingerprint density at radius 3 is 2.54 bits per heavy atom. The van der Waals surface area contributed by atoms with Crippen LogP contribution in [0.3, 0.4) is 0 Å². The first kappa shape index (κ1) is 20.6. The van der Waals surface area contributed by atoms with Crippen LogP contribution in [0.25, 0.3) is 22.3 Å². The quantitative estimate of drug-likeness (QED) is 0.433. The Labute approximate surface area is 197 Å². The first-order valence-corrected chi connectivity index (χ1v) is 10.9. The molecular weight excluding hydrogens is 448 g/mol. The van der Waals surface area contributed by atoms with Crippen LogP contribution in [0.4, 0.5) is 5.69 Å². The fourth-order valence-electron chi connectivity index (χ4n) is 4.43. The molecule has 0 fully saturated rings. The molecule has 6 rings (SSSR count). The third kappa shape index (κ3) is 3.31. The highest BCUT2D eigenvalue weighted by Crippen LogP contribution is 2.30. The summed E-state index contributed by atoms with van der Waals surface area (Å²) in [4.78, 5) is 43.3. The molecular formula is C25H18N6O4. The minimum absolute atomic E-state index is 0.0905. The molecule has 2 amide bonds. The number of hydrogen-bond donors (Lipinski definition) is 1. The fraction of sp³-hybridized carbons (Fsp3) is 0.0800. The number of hydrogen-bond acceptors (Lipinski definition) is 6. The molecule has 0 radical (unpaired) electrons. The van der Waals surface area contributed by atoms with E-state index in [-0.39, 0.29) is 17.2 Å². The molecule has 1 aliphatic heterocycles. The number of furan rings is 1. The van der Waals surface area contributed by atoms with Crippen molar-refractivity contribution in [2.45, 2.75) is 6.42 Å². The predicted molar refractivity (Wildman–Crippen MR) is 127 cm³/mol. The Morgan fingerprint density at radius 2 is 1.77 bits per heavy atom. The van der Waals surface area contributed by atoms with E-state index in [0.717, 1.165) is 5.39 Å². The van der Waals surface area contributed by atoms with Crippen LogP contribution in [0.2, 0.25) is 0 Å². The van der Waals surface area contributed by atoms with Gasteiger partial charge in [-0.15, -0.1) is 0 Å². The number of anilines is 1. The first-order chi connectivity index (χ1) is 17.0. The number of primary amides is 1. The van der Waals surface area contributed by atoms with Gasteiger partial charge in [0.05, 0.1) is 18.1 Å². The minimum Gasteiger partial charge on any atom is -0.464 e. The minimum atomic E-state index is -0.683. The van der Waals surface area contributed by atoms with Crippen LogP contribution in [0.5, 0.6) is 0 Å². The van der Waals surface area contributed by atoms with Crippen LogP contribution in [0, 0.1) is 0 Å². The number of nitrogens with two attached hydrogens (primary N) is 1. The van der Waals surface area contributed by atoms with Crippen LogP contribution < -0.4 is 16.2 Å². The third-order valence-corrected chi connectivity index (χ3v) is 6.09. The van der Waals surface area contributed by atoms with Crippen molar-refractivity contribution < 1.29 is 14.0 Å². The summed E-state index contributed by atoms with van der Waals surface area (Å²) in [6.07, 6.45) is 6.35. The average Bonchev–Trinajstić information content (AvgIpc) is 3.50. The molecule has 0 saturated heterocycles. The lowest BCUT2D eigenvalue weighted by Gasteiger charge is -2.28. The van der Waals surface area contributed by atoms with Gasteiger partial charge in [-0.3, -0.25) is 23.9 Å². The van der Waals surface area contributed by atoms with Gasteiger partial charge in [0.15, 0.2) is 5.69 Å². The number of rotatable bonds is 4. The molecule has 0 atom stereocenters. The summed E-state index contributed by atoms with van der Waals surface area (Å²) in [5.41, 5.74) is 8.88. The highest BCUT2D eigenvalue weighted by molar-refractivity contribution is 6.09. The Bertz CT molecular complexity index is 1680. The van der Waals surface area contributed by atoms with Crippen molar-refractivity contribution in [3.05, 3.63) is 101 Å². The summed E-state index contributed by atoms with van der Waals surface area (Å²) in [6.45, 7) is 0.354. The van der Waals surface area contributed by atoms with E-state index in [1.807, 2.05) is 12.1 Å². The second kappa shape index (κ2) is 7.80. The second-order valence-electron chi connectivity index (χ2n) is 8.10. The lowest BCUT2D eigenvalue weighted by atomic mass is 10.0. The molecule has 1 aliphatic rings. The van der Waals surface area contributed by atoms with Gasteiger partial charge in [-0.2, -0.15) is 5.10 Å². The first-order valence-electron chi connectivity index (χ1n) is 10.9. The molecule has 35 heavy (non-hydrogen) atoms. The lowest BCUT2D eigenvalue weighted by molar-refractivity contribution is 0.0972. The maximum absolute atomic E-state index is 13.7. The smallest absolute Gasteiger partial charge is 0.277 e. The maximum atomic E-state index is 13.7. The van der Waals surface area contributed by atoms with Gasteiger partial charge in [0, 0.05) is 41.3 Å². The number of amides is 2. The lowest BCUT2D eigenvalue weighted by Crippen LogP contribution is -2.39. The Balaban J connectivity index is 1.41. The van der Waals surface area contributed by atoms with Crippen molar-refractivity contribution in [2.24, 2.45) is 5.73 Å². The average molecular weight is 466 g/mol. The molecule has 10 heteroatoms. The zero-order chi connectivity index (χ0) is 24.1. The van der Waals surface area contributed by atoms with E-state index in [9.17, 15) is 14.4 Å². The van der Waals surface area contributed by atoms with E-state index in [1.54, 1.807) is 53.8 Å². The number of benzene rings is 2. The maximum Gasteiger partial charge on any atom is 0.277 e. The van der Waals surface area contributed by atoms with Gasteiger partial charge >= 0.3 is 0 Å². The number of carbonyl (C=O) groups excluding carboxylic acids is 2. The Kier molecular flexibility index (Phi) is 4.59. The number of fused-ring (bicyclic) bond motifs is 2. The zero-order valence-corrected chi connectivity index (χ0v) is 18.3. The van der Waals surface area contributed by atoms with E-state index < -0.39 is 5.91 Å². The summed E-state index contributed by atoms with van der Waals surface area (Å²) in [5.74, 6) is -0.981. The van der Waals surface area contributed by atoms with Crippen molar-refractivity contribution in [3.8, 4) is 11.4 Å².